The van der Waals surface area contributed by atoms with Crippen molar-refractivity contribution in [2.45, 2.75) is 18.7 Å². The second-order valence-corrected chi connectivity index (χ2v) is 8.25. The van der Waals surface area contributed by atoms with E-state index in [9.17, 15) is 18.0 Å². The van der Waals surface area contributed by atoms with Gasteiger partial charge in [0.15, 0.2) is 0 Å². The van der Waals surface area contributed by atoms with E-state index in [2.05, 4.69) is 5.32 Å². The standard InChI is InChI=1S/C15H15ClN2O5S2/c1-8-9(2)24-13(12(8)14(19)23-3)17-15(20)18-25(21,22)11-7-5-4-6-10(11)16/h4-7H,1-3H3,(H2,17,18,20). The molecule has 2 N–H and O–H groups in total. The van der Waals surface area contributed by atoms with Gasteiger partial charge >= 0.3 is 12.0 Å². The number of hydrogen-bond acceptors (Lipinski definition) is 6. The monoisotopic (exact) mass is 402 g/mol. The molecule has 1 aromatic heterocycles. The Morgan fingerprint density at radius 1 is 1.20 bits per heavy atom. The average molecular weight is 403 g/mol. The number of aryl methyl sites for hydroxylation is 1. The second-order valence-electron chi connectivity index (χ2n) is 4.97. The van der Waals surface area contributed by atoms with E-state index < -0.39 is 22.0 Å². The summed E-state index contributed by atoms with van der Waals surface area (Å²) in [6.07, 6.45) is 0. The molecule has 2 aromatic rings. The molecule has 0 aliphatic rings. The number of halogens is 1. The lowest BCUT2D eigenvalue weighted by Gasteiger charge is -2.10. The Morgan fingerprint density at radius 3 is 2.44 bits per heavy atom. The molecule has 0 aliphatic heterocycles. The molecule has 0 unspecified atom stereocenters. The van der Waals surface area contributed by atoms with Crippen molar-refractivity contribution < 1.29 is 22.7 Å². The molecule has 2 amide bonds. The van der Waals surface area contributed by atoms with Crippen molar-refractivity contribution >= 4 is 50.0 Å². The molecule has 25 heavy (non-hydrogen) atoms. The van der Waals surface area contributed by atoms with E-state index in [1.807, 2.05) is 4.72 Å². The van der Waals surface area contributed by atoms with E-state index in [0.717, 1.165) is 16.2 Å². The van der Waals surface area contributed by atoms with Crippen LogP contribution in [0.1, 0.15) is 20.8 Å². The zero-order chi connectivity index (χ0) is 18.8. The van der Waals surface area contributed by atoms with Crippen LogP contribution in [0.3, 0.4) is 0 Å². The lowest BCUT2D eigenvalue weighted by Crippen LogP contribution is -2.34. The van der Waals surface area contributed by atoms with Gasteiger partial charge in [0.2, 0.25) is 0 Å². The van der Waals surface area contributed by atoms with Gasteiger partial charge in [-0.1, -0.05) is 23.7 Å². The molecule has 0 radical (unpaired) electrons. The number of esters is 1. The molecule has 0 saturated heterocycles. The van der Waals surface area contributed by atoms with Gasteiger partial charge in [-0.15, -0.1) is 11.3 Å². The first kappa shape index (κ1) is 19.2. The number of hydrogen-bond donors (Lipinski definition) is 2. The summed E-state index contributed by atoms with van der Waals surface area (Å²) in [5, 5.41) is 2.57. The van der Waals surface area contributed by atoms with Crippen LogP contribution in [0, 0.1) is 13.8 Å². The SMILES string of the molecule is COC(=O)c1c(NC(=O)NS(=O)(=O)c2ccccc2Cl)sc(C)c1C. The molecule has 1 heterocycles. The zero-order valence-corrected chi connectivity index (χ0v) is 15.9. The predicted molar refractivity (Wildman–Crippen MR) is 95.9 cm³/mol. The lowest BCUT2D eigenvalue weighted by molar-refractivity contribution is 0.0601. The molecule has 0 fully saturated rings. The largest absolute Gasteiger partial charge is 0.465 e. The summed E-state index contributed by atoms with van der Waals surface area (Å²) in [6, 6.07) is 4.72. The number of methoxy groups -OCH3 is 1. The summed E-state index contributed by atoms with van der Waals surface area (Å²) in [5.41, 5.74) is 0.844. The van der Waals surface area contributed by atoms with Crippen LogP contribution < -0.4 is 10.0 Å². The Morgan fingerprint density at radius 2 is 1.84 bits per heavy atom. The third-order valence-corrected chi connectivity index (χ3v) is 6.31. The maximum Gasteiger partial charge on any atom is 0.341 e. The Labute approximate surface area is 154 Å². The van der Waals surface area contributed by atoms with Gasteiger partial charge in [0.1, 0.15) is 9.90 Å². The van der Waals surface area contributed by atoms with Crippen LogP contribution in [0.25, 0.3) is 0 Å². The van der Waals surface area contributed by atoms with Crippen molar-refractivity contribution in [1.82, 2.24) is 4.72 Å². The van der Waals surface area contributed by atoms with Crippen molar-refractivity contribution in [2.75, 3.05) is 12.4 Å². The third-order valence-electron chi connectivity index (χ3n) is 3.36. The Kier molecular flexibility index (Phi) is 5.71. The highest BCUT2D eigenvalue weighted by molar-refractivity contribution is 7.90. The number of rotatable bonds is 4. The van der Waals surface area contributed by atoms with Crippen LogP contribution in [-0.2, 0) is 14.8 Å². The number of carbonyl (C=O) groups excluding carboxylic acids is 2. The second kappa shape index (κ2) is 7.42. The van der Waals surface area contributed by atoms with Gasteiger partial charge in [0, 0.05) is 4.88 Å². The van der Waals surface area contributed by atoms with Crippen molar-refractivity contribution in [1.29, 1.82) is 0 Å². The number of sulfonamides is 1. The Balaban J connectivity index is 2.26. The number of ether oxygens (including phenoxy) is 1. The highest BCUT2D eigenvalue weighted by atomic mass is 35.5. The van der Waals surface area contributed by atoms with E-state index in [4.69, 9.17) is 16.3 Å². The van der Waals surface area contributed by atoms with Crippen molar-refractivity contribution in [2.24, 2.45) is 0 Å². The van der Waals surface area contributed by atoms with Gasteiger partial charge in [-0.3, -0.25) is 5.32 Å². The molecular formula is C15H15ClN2O5S2. The first-order chi connectivity index (χ1) is 11.7. The fraction of sp³-hybridized carbons (Fsp3) is 0.200. The molecular weight excluding hydrogens is 388 g/mol. The highest BCUT2D eigenvalue weighted by Crippen LogP contribution is 2.33. The van der Waals surface area contributed by atoms with E-state index in [1.54, 1.807) is 19.9 Å². The van der Waals surface area contributed by atoms with Crippen molar-refractivity contribution in [3.8, 4) is 0 Å². The van der Waals surface area contributed by atoms with Gasteiger partial charge in [0.05, 0.1) is 17.7 Å². The zero-order valence-electron chi connectivity index (χ0n) is 13.5. The van der Waals surface area contributed by atoms with E-state index in [0.29, 0.717) is 5.56 Å². The van der Waals surface area contributed by atoms with Crippen molar-refractivity contribution in [3.05, 3.63) is 45.3 Å². The summed E-state index contributed by atoms with van der Waals surface area (Å²) >= 11 is 7.00. The van der Waals surface area contributed by atoms with Gasteiger partial charge in [-0.25, -0.2) is 22.7 Å². The molecule has 10 heteroatoms. The maximum absolute atomic E-state index is 12.3. The first-order valence-electron chi connectivity index (χ1n) is 6.94. The number of nitrogens with one attached hydrogen (secondary N) is 2. The topological polar surface area (TPSA) is 102 Å². The van der Waals surface area contributed by atoms with Crippen LogP contribution in [0.2, 0.25) is 5.02 Å². The van der Waals surface area contributed by atoms with Crippen LogP contribution in [0.4, 0.5) is 9.80 Å². The molecule has 2 rings (SSSR count). The fourth-order valence-electron chi connectivity index (χ4n) is 2.03. The van der Waals surface area contributed by atoms with E-state index in [1.165, 1.54) is 25.3 Å². The van der Waals surface area contributed by atoms with E-state index in [-0.39, 0.29) is 20.5 Å². The molecule has 0 aliphatic carbocycles. The molecule has 0 bridgehead atoms. The fourth-order valence-corrected chi connectivity index (χ4v) is 4.50. The number of benzene rings is 1. The normalized spacial score (nSPS) is 11.0. The average Bonchev–Trinajstić information content (AvgIpc) is 2.80. The van der Waals surface area contributed by atoms with Crippen LogP contribution in [-0.4, -0.2) is 27.5 Å². The number of amides is 2. The van der Waals surface area contributed by atoms with Crippen molar-refractivity contribution in [3.63, 3.8) is 0 Å². The molecule has 0 atom stereocenters. The molecule has 134 valence electrons. The molecule has 7 nitrogen and oxygen atoms in total. The minimum absolute atomic E-state index is 0.0131. The minimum atomic E-state index is -4.16. The third kappa shape index (κ3) is 4.12. The van der Waals surface area contributed by atoms with Crippen LogP contribution in [0.5, 0.6) is 0 Å². The number of urea groups is 1. The summed E-state index contributed by atoms with van der Waals surface area (Å²) in [4.78, 5) is 24.6. The smallest absolute Gasteiger partial charge is 0.341 e. The van der Waals surface area contributed by atoms with Crippen LogP contribution in [0.15, 0.2) is 29.2 Å². The van der Waals surface area contributed by atoms with Gasteiger partial charge in [-0.05, 0) is 31.5 Å². The van der Waals surface area contributed by atoms with Gasteiger partial charge in [-0.2, -0.15) is 0 Å². The highest BCUT2D eigenvalue weighted by Gasteiger charge is 2.24. The number of thiophene rings is 1. The quantitative estimate of drug-likeness (QED) is 0.764. The van der Waals surface area contributed by atoms with Gasteiger partial charge in [0.25, 0.3) is 10.0 Å². The summed E-state index contributed by atoms with van der Waals surface area (Å²) in [7, 11) is -2.94. The lowest BCUT2D eigenvalue weighted by atomic mass is 10.1. The Bertz CT molecular complexity index is 937. The predicted octanol–water partition coefficient (Wildman–Crippen LogP) is 3.32. The number of anilines is 1. The summed E-state index contributed by atoms with van der Waals surface area (Å²) < 4.78 is 31.1. The summed E-state index contributed by atoms with van der Waals surface area (Å²) in [6.45, 7) is 3.48. The van der Waals surface area contributed by atoms with E-state index >= 15 is 0 Å². The Hall–Kier alpha value is -2.10. The first-order valence-corrected chi connectivity index (χ1v) is 9.61. The number of carbonyl (C=O) groups is 2. The molecule has 1 aromatic carbocycles. The van der Waals surface area contributed by atoms with Gasteiger partial charge < -0.3 is 4.74 Å². The maximum atomic E-state index is 12.3. The summed E-state index contributed by atoms with van der Waals surface area (Å²) in [5.74, 6) is -0.619. The molecule has 0 spiro atoms. The minimum Gasteiger partial charge on any atom is -0.465 e. The molecule has 0 saturated carbocycles. The van der Waals surface area contributed by atoms with Crippen LogP contribution >= 0.6 is 22.9 Å².